The van der Waals surface area contributed by atoms with Crippen LogP contribution in [0.2, 0.25) is 0 Å². The maximum atomic E-state index is 13.4. The number of hydrogen-bond donors (Lipinski definition) is 1. The second kappa shape index (κ2) is 8.64. The van der Waals surface area contributed by atoms with Crippen LogP contribution in [-0.4, -0.2) is 46.2 Å². The molecular formula is C22H18Cl2O9. The maximum Gasteiger partial charge on any atom is 0.326 e. The van der Waals surface area contributed by atoms with Gasteiger partial charge in [-0.05, 0) is 27.7 Å². The van der Waals surface area contributed by atoms with Gasteiger partial charge in [-0.15, -0.1) is 23.2 Å². The summed E-state index contributed by atoms with van der Waals surface area (Å²) in [4.78, 5) is 62.2. The average molecular weight is 497 g/mol. The van der Waals surface area contributed by atoms with Gasteiger partial charge in [-0.1, -0.05) is 0 Å². The largest absolute Gasteiger partial charge is 0.507 e. The highest BCUT2D eigenvalue weighted by atomic mass is 35.5. The van der Waals surface area contributed by atoms with Crippen molar-refractivity contribution in [2.75, 3.05) is 11.8 Å². The van der Waals surface area contributed by atoms with Crippen molar-refractivity contribution >= 4 is 52.5 Å². The van der Waals surface area contributed by atoms with E-state index in [0.717, 1.165) is 13.0 Å². The van der Waals surface area contributed by atoms with Crippen LogP contribution in [0.4, 0.5) is 0 Å². The van der Waals surface area contributed by atoms with Gasteiger partial charge < -0.3 is 19.3 Å². The third-order valence-corrected chi connectivity index (χ3v) is 5.79. The minimum absolute atomic E-state index is 0.0258. The molecule has 0 saturated carbocycles. The molecule has 1 aromatic carbocycles. The molecule has 1 aliphatic heterocycles. The Morgan fingerprint density at radius 1 is 1.03 bits per heavy atom. The number of hydrogen-bond acceptors (Lipinski definition) is 9. The number of Topliss-reactive ketones (excluding diaryl/α,β-unsaturated/α-hetero) is 3. The summed E-state index contributed by atoms with van der Waals surface area (Å²) < 4.78 is 16.4. The fraction of sp³-hybridized carbons (Fsp3) is 0.318. The summed E-state index contributed by atoms with van der Waals surface area (Å²) >= 11 is 11.1. The Hall–Kier alpha value is -3.17. The van der Waals surface area contributed by atoms with E-state index in [1.165, 1.54) is 20.8 Å². The molecule has 9 nitrogen and oxygen atoms in total. The van der Waals surface area contributed by atoms with E-state index in [1.54, 1.807) is 0 Å². The number of carbonyl (C=O) groups excluding carboxylic acids is 5. The van der Waals surface area contributed by atoms with Gasteiger partial charge in [-0.25, -0.2) is 0 Å². The number of aliphatic hydroxyl groups is 1. The Bertz CT molecular complexity index is 1210. The van der Waals surface area contributed by atoms with Crippen LogP contribution in [-0.2, 0) is 24.6 Å². The monoisotopic (exact) mass is 496 g/mol. The number of ketones is 3. The molecule has 2 aliphatic rings. The molecule has 1 aromatic rings. The van der Waals surface area contributed by atoms with Crippen LogP contribution in [0.5, 0.6) is 17.2 Å². The number of fused-ring (bicyclic) bond motifs is 3. The van der Waals surface area contributed by atoms with Gasteiger partial charge >= 0.3 is 11.9 Å². The number of rotatable bonds is 6. The number of benzene rings is 1. The number of halogens is 2. The van der Waals surface area contributed by atoms with Crippen LogP contribution in [0.3, 0.4) is 0 Å². The van der Waals surface area contributed by atoms with Crippen molar-refractivity contribution in [2.24, 2.45) is 0 Å². The molecule has 1 aliphatic carbocycles. The zero-order valence-corrected chi connectivity index (χ0v) is 19.5. The van der Waals surface area contributed by atoms with Crippen LogP contribution in [0.1, 0.15) is 42.3 Å². The summed E-state index contributed by atoms with van der Waals surface area (Å²) in [6, 6.07) is 0. The number of aliphatic hydroxyl groups excluding tert-OH is 1. The number of ether oxygens (including phenoxy) is 3. The normalized spacial score (nSPS) is 18.7. The zero-order chi connectivity index (χ0) is 24.8. The lowest BCUT2D eigenvalue weighted by molar-refractivity contribution is -0.132. The molecule has 0 fully saturated rings. The van der Waals surface area contributed by atoms with E-state index in [2.05, 4.69) is 0 Å². The summed E-state index contributed by atoms with van der Waals surface area (Å²) in [5, 5.41) is 10.3. The third-order valence-electron chi connectivity index (χ3n) is 5.35. The first kappa shape index (κ1) is 24.5. The summed E-state index contributed by atoms with van der Waals surface area (Å²) in [5.41, 5.74) is -2.45. The van der Waals surface area contributed by atoms with E-state index in [9.17, 15) is 29.1 Å². The number of esters is 2. The Kier molecular flexibility index (Phi) is 6.41. The van der Waals surface area contributed by atoms with Gasteiger partial charge in [0.25, 0.3) is 0 Å². The van der Waals surface area contributed by atoms with Gasteiger partial charge in [0.1, 0.15) is 51.3 Å². The quantitative estimate of drug-likeness (QED) is 0.207. The second-order valence-corrected chi connectivity index (χ2v) is 8.05. The van der Waals surface area contributed by atoms with Crippen LogP contribution >= 0.6 is 23.2 Å². The van der Waals surface area contributed by atoms with Gasteiger partial charge in [-0.2, -0.15) is 0 Å². The lowest BCUT2D eigenvalue weighted by Crippen LogP contribution is -2.39. The molecule has 1 heterocycles. The molecule has 0 aromatic heterocycles. The molecular weight excluding hydrogens is 479 g/mol. The average Bonchev–Trinajstić information content (AvgIpc) is 3.03. The second-order valence-electron chi connectivity index (χ2n) is 7.52. The van der Waals surface area contributed by atoms with Crippen molar-refractivity contribution in [1.29, 1.82) is 0 Å². The van der Waals surface area contributed by atoms with E-state index in [4.69, 9.17) is 37.4 Å². The third kappa shape index (κ3) is 3.71. The predicted molar refractivity (Wildman–Crippen MR) is 115 cm³/mol. The van der Waals surface area contributed by atoms with Crippen molar-refractivity contribution in [1.82, 2.24) is 0 Å². The highest BCUT2D eigenvalue weighted by Gasteiger charge is 2.56. The summed E-state index contributed by atoms with van der Waals surface area (Å²) in [6.45, 7) is 5.09. The Morgan fingerprint density at radius 3 is 2.06 bits per heavy atom. The standard InChI is InChI=1S/C22H18Cl2O9/c1-8-18(32-13(28)6-23)16(10(3)26)20-17(19(8)33-14(29)7-24)22(4)12(31-20)5-11(27)15(9(2)25)21(22)30/h5,27H,6-7H2,1-4H3/t22-/m0/s1. The van der Waals surface area contributed by atoms with Crippen LogP contribution in [0.25, 0.3) is 0 Å². The van der Waals surface area contributed by atoms with E-state index in [0.29, 0.717) is 0 Å². The molecule has 1 atom stereocenters. The SMILES string of the molecule is CC(=O)C1=C(O)C=C2Oc3c(C(C)=O)c(OC(=O)CCl)c(C)c(OC(=O)CCl)c3[C@@]2(C)C1=O. The van der Waals surface area contributed by atoms with Crippen LogP contribution in [0, 0.1) is 6.92 Å². The predicted octanol–water partition coefficient (Wildman–Crippen LogP) is 3.00. The highest BCUT2D eigenvalue weighted by molar-refractivity contribution is 6.28. The first-order valence-electron chi connectivity index (χ1n) is 9.54. The number of carbonyl (C=O) groups is 5. The van der Waals surface area contributed by atoms with Crippen molar-refractivity contribution in [3.05, 3.63) is 39.9 Å². The lowest BCUT2D eigenvalue weighted by atomic mass is 9.70. The molecule has 3 rings (SSSR count). The molecule has 174 valence electrons. The van der Waals surface area contributed by atoms with Crippen LogP contribution < -0.4 is 14.2 Å². The van der Waals surface area contributed by atoms with E-state index < -0.39 is 57.8 Å². The molecule has 0 spiro atoms. The first-order chi connectivity index (χ1) is 15.4. The Balaban J connectivity index is 2.45. The van der Waals surface area contributed by atoms with Crippen molar-refractivity contribution in [2.45, 2.75) is 33.1 Å². The fourth-order valence-corrected chi connectivity index (χ4v) is 3.97. The summed E-state index contributed by atoms with van der Waals surface area (Å²) in [6.07, 6.45) is 1.08. The van der Waals surface area contributed by atoms with E-state index in [-0.39, 0.29) is 39.7 Å². The molecule has 1 N–H and O–H groups in total. The molecule has 11 heteroatoms. The summed E-state index contributed by atoms with van der Waals surface area (Å²) in [5.74, 6) is -6.45. The van der Waals surface area contributed by atoms with E-state index in [1.807, 2.05) is 0 Å². The number of allylic oxidation sites excluding steroid dienone is 3. The summed E-state index contributed by atoms with van der Waals surface area (Å²) in [7, 11) is 0. The number of alkyl halides is 2. The highest BCUT2D eigenvalue weighted by Crippen LogP contribution is 2.58. The van der Waals surface area contributed by atoms with Gasteiger partial charge in [0.2, 0.25) is 0 Å². The van der Waals surface area contributed by atoms with Crippen molar-refractivity contribution in [3.63, 3.8) is 0 Å². The lowest BCUT2D eigenvalue weighted by Gasteiger charge is -2.28. The van der Waals surface area contributed by atoms with Gasteiger partial charge in [0, 0.05) is 11.6 Å². The van der Waals surface area contributed by atoms with Crippen molar-refractivity contribution < 1.29 is 43.3 Å². The van der Waals surface area contributed by atoms with Gasteiger partial charge in [-0.3, -0.25) is 24.0 Å². The Morgan fingerprint density at radius 2 is 1.58 bits per heavy atom. The first-order valence-corrected chi connectivity index (χ1v) is 10.6. The van der Waals surface area contributed by atoms with Gasteiger partial charge in [0.05, 0.1) is 5.56 Å². The van der Waals surface area contributed by atoms with Gasteiger partial charge in [0.15, 0.2) is 23.1 Å². The minimum atomic E-state index is -1.74. The Labute approximate surface area is 197 Å². The van der Waals surface area contributed by atoms with Crippen LogP contribution in [0.15, 0.2) is 23.2 Å². The molecule has 0 radical (unpaired) electrons. The minimum Gasteiger partial charge on any atom is -0.507 e. The molecule has 0 unspecified atom stereocenters. The molecule has 0 amide bonds. The van der Waals surface area contributed by atoms with E-state index >= 15 is 0 Å². The zero-order valence-electron chi connectivity index (χ0n) is 18.0. The molecule has 0 bridgehead atoms. The smallest absolute Gasteiger partial charge is 0.326 e. The molecule has 33 heavy (non-hydrogen) atoms. The maximum absolute atomic E-state index is 13.4. The molecule has 0 saturated heterocycles. The van der Waals surface area contributed by atoms with Crippen molar-refractivity contribution in [3.8, 4) is 17.2 Å². The topological polar surface area (TPSA) is 133 Å². The fourth-order valence-electron chi connectivity index (χ4n) is 3.86.